The quantitative estimate of drug-likeness (QED) is 0.763. The molecule has 1 saturated carbocycles. The number of carbonyl (C=O) groups is 1. The number of hydrogen-bond acceptors (Lipinski definition) is 3. The number of carbonyl (C=O) groups excluding carboxylic acids is 1. The van der Waals surface area contributed by atoms with Crippen LogP contribution in [0.15, 0.2) is 12.5 Å². The van der Waals surface area contributed by atoms with Gasteiger partial charge in [-0.1, -0.05) is 0 Å². The van der Waals surface area contributed by atoms with Gasteiger partial charge in [0, 0.05) is 24.8 Å². The van der Waals surface area contributed by atoms with Gasteiger partial charge in [0.25, 0.3) is 0 Å². The summed E-state index contributed by atoms with van der Waals surface area (Å²) < 4.78 is 1.90. The largest absolute Gasteiger partial charge is 0.352 e. The maximum Gasteiger partial charge on any atom is 0.240 e. The molecule has 1 amide bonds. The molecule has 0 saturated heterocycles. The molecular formula is C12H20N4O. The zero-order valence-electron chi connectivity index (χ0n) is 10.4. The number of hydrogen-bond donors (Lipinski definition) is 2. The van der Waals surface area contributed by atoms with Crippen LogP contribution in [0.1, 0.15) is 32.4 Å². The first kappa shape index (κ1) is 12.1. The fourth-order valence-corrected chi connectivity index (χ4v) is 1.70. The van der Waals surface area contributed by atoms with Crippen LogP contribution in [-0.4, -0.2) is 27.5 Å². The molecule has 2 rings (SSSR count). The molecule has 1 aromatic heterocycles. The van der Waals surface area contributed by atoms with Gasteiger partial charge in [-0.25, -0.2) is 4.98 Å². The summed E-state index contributed by atoms with van der Waals surface area (Å²) >= 11 is 0. The Labute approximate surface area is 102 Å². The van der Waals surface area contributed by atoms with E-state index in [-0.39, 0.29) is 11.9 Å². The topological polar surface area (TPSA) is 59.0 Å². The van der Waals surface area contributed by atoms with Crippen LogP contribution < -0.4 is 10.6 Å². The monoisotopic (exact) mass is 236 g/mol. The summed E-state index contributed by atoms with van der Waals surface area (Å²) in [5.74, 6) is 0.0330. The summed E-state index contributed by atoms with van der Waals surface area (Å²) in [6.07, 6.45) is 6.06. The van der Waals surface area contributed by atoms with Crippen molar-refractivity contribution in [2.24, 2.45) is 0 Å². The first-order valence-corrected chi connectivity index (χ1v) is 6.17. The van der Waals surface area contributed by atoms with Gasteiger partial charge in [-0.15, -0.1) is 0 Å². The molecule has 0 aliphatic heterocycles. The summed E-state index contributed by atoms with van der Waals surface area (Å²) in [6, 6.07) is 0.849. The Balaban J connectivity index is 1.86. The molecule has 1 aliphatic rings. The molecule has 1 aromatic rings. The Morgan fingerprint density at radius 1 is 1.59 bits per heavy atom. The van der Waals surface area contributed by atoms with Crippen molar-refractivity contribution in [3.8, 4) is 0 Å². The van der Waals surface area contributed by atoms with Crippen molar-refractivity contribution in [1.29, 1.82) is 0 Å². The molecule has 17 heavy (non-hydrogen) atoms. The van der Waals surface area contributed by atoms with Gasteiger partial charge in [-0.05, 0) is 26.7 Å². The smallest absolute Gasteiger partial charge is 0.240 e. The van der Waals surface area contributed by atoms with Crippen molar-refractivity contribution < 1.29 is 4.79 Å². The Morgan fingerprint density at radius 3 is 3.00 bits per heavy atom. The van der Waals surface area contributed by atoms with Gasteiger partial charge in [0.1, 0.15) is 6.54 Å². The lowest BCUT2D eigenvalue weighted by Crippen LogP contribution is -2.33. The molecule has 2 N–H and O–H groups in total. The lowest BCUT2D eigenvalue weighted by Gasteiger charge is -2.11. The molecule has 5 nitrogen and oxygen atoms in total. The van der Waals surface area contributed by atoms with Gasteiger partial charge in [0.15, 0.2) is 0 Å². The standard InChI is InChI=1S/C12H20N4O/c1-9(2)15-12(17)7-16-8-13-5-11(16)6-14-10-3-4-10/h5,8-10,14H,3-4,6-7H2,1-2H3,(H,15,17). The van der Waals surface area contributed by atoms with Gasteiger partial charge in [0.05, 0.1) is 12.0 Å². The highest BCUT2D eigenvalue weighted by Crippen LogP contribution is 2.19. The number of nitrogens with zero attached hydrogens (tertiary/aromatic N) is 2. The van der Waals surface area contributed by atoms with E-state index in [1.54, 1.807) is 6.33 Å². The Morgan fingerprint density at radius 2 is 2.35 bits per heavy atom. The summed E-state index contributed by atoms with van der Waals surface area (Å²) in [6.45, 7) is 5.06. The number of imidazole rings is 1. The van der Waals surface area contributed by atoms with E-state index in [9.17, 15) is 4.79 Å². The predicted molar refractivity (Wildman–Crippen MR) is 65.4 cm³/mol. The third-order valence-corrected chi connectivity index (χ3v) is 2.71. The third-order valence-electron chi connectivity index (χ3n) is 2.71. The average molecular weight is 236 g/mol. The molecule has 0 bridgehead atoms. The molecule has 0 spiro atoms. The zero-order chi connectivity index (χ0) is 12.3. The Hall–Kier alpha value is -1.36. The van der Waals surface area contributed by atoms with Crippen molar-refractivity contribution >= 4 is 5.91 Å². The normalized spacial score (nSPS) is 15.2. The van der Waals surface area contributed by atoms with Crippen molar-refractivity contribution in [2.45, 2.75) is 51.9 Å². The van der Waals surface area contributed by atoms with E-state index in [0.29, 0.717) is 12.6 Å². The molecule has 1 aliphatic carbocycles. The van der Waals surface area contributed by atoms with Gasteiger partial charge in [0.2, 0.25) is 5.91 Å². The summed E-state index contributed by atoms with van der Waals surface area (Å²) in [5, 5.41) is 6.30. The number of rotatable bonds is 6. The van der Waals surface area contributed by atoms with Crippen LogP contribution in [0, 0.1) is 0 Å². The summed E-state index contributed by atoms with van der Waals surface area (Å²) in [7, 11) is 0. The molecule has 0 atom stereocenters. The SMILES string of the molecule is CC(C)NC(=O)Cn1cncc1CNC1CC1. The first-order chi connectivity index (χ1) is 8.15. The molecule has 0 radical (unpaired) electrons. The van der Waals surface area contributed by atoms with Crippen LogP contribution in [0.2, 0.25) is 0 Å². The van der Waals surface area contributed by atoms with E-state index in [4.69, 9.17) is 0 Å². The molecule has 5 heteroatoms. The number of nitrogens with one attached hydrogen (secondary N) is 2. The second-order valence-electron chi connectivity index (χ2n) is 4.89. The minimum atomic E-state index is 0.0330. The van der Waals surface area contributed by atoms with Crippen LogP contribution in [0.25, 0.3) is 0 Å². The molecular weight excluding hydrogens is 216 g/mol. The van der Waals surface area contributed by atoms with Crippen LogP contribution in [0.5, 0.6) is 0 Å². The van der Waals surface area contributed by atoms with E-state index in [0.717, 1.165) is 12.2 Å². The molecule has 1 fully saturated rings. The van der Waals surface area contributed by atoms with Crippen LogP contribution in [-0.2, 0) is 17.9 Å². The second kappa shape index (κ2) is 5.31. The minimum absolute atomic E-state index is 0.0330. The molecule has 0 aromatic carbocycles. The second-order valence-corrected chi connectivity index (χ2v) is 4.89. The van der Waals surface area contributed by atoms with Crippen molar-refractivity contribution in [3.63, 3.8) is 0 Å². The maximum atomic E-state index is 11.6. The van der Waals surface area contributed by atoms with E-state index in [1.165, 1.54) is 12.8 Å². The van der Waals surface area contributed by atoms with Gasteiger partial charge >= 0.3 is 0 Å². The Bertz CT molecular complexity index is 382. The summed E-state index contributed by atoms with van der Waals surface area (Å²) in [4.78, 5) is 15.7. The van der Waals surface area contributed by atoms with Gasteiger partial charge < -0.3 is 15.2 Å². The van der Waals surface area contributed by atoms with Crippen LogP contribution >= 0.6 is 0 Å². The van der Waals surface area contributed by atoms with Crippen molar-refractivity contribution in [3.05, 3.63) is 18.2 Å². The Kier molecular flexibility index (Phi) is 3.78. The fraction of sp³-hybridized carbons (Fsp3) is 0.667. The van der Waals surface area contributed by atoms with Crippen LogP contribution in [0.4, 0.5) is 0 Å². The lowest BCUT2D eigenvalue weighted by atomic mass is 10.3. The molecule has 0 unspecified atom stereocenters. The highest BCUT2D eigenvalue weighted by atomic mass is 16.2. The van der Waals surface area contributed by atoms with E-state index >= 15 is 0 Å². The lowest BCUT2D eigenvalue weighted by molar-refractivity contribution is -0.122. The van der Waals surface area contributed by atoms with Gasteiger partial charge in [-0.3, -0.25) is 4.79 Å². The minimum Gasteiger partial charge on any atom is -0.352 e. The first-order valence-electron chi connectivity index (χ1n) is 6.17. The fourth-order valence-electron chi connectivity index (χ4n) is 1.70. The van der Waals surface area contributed by atoms with Gasteiger partial charge in [-0.2, -0.15) is 0 Å². The van der Waals surface area contributed by atoms with Crippen molar-refractivity contribution in [2.75, 3.05) is 0 Å². The van der Waals surface area contributed by atoms with E-state index in [2.05, 4.69) is 15.6 Å². The number of aromatic nitrogens is 2. The molecule has 1 heterocycles. The van der Waals surface area contributed by atoms with Crippen LogP contribution in [0.3, 0.4) is 0 Å². The summed E-state index contributed by atoms with van der Waals surface area (Å²) in [5.41, 5.74) is 1.07. The number of amides is 1. The van der Waals surface area contributed by atoms with E-state index < -0.39 is 0 Å². The predicted octanol–water partition coefficient (Wildman–Crippen LogP) is 0.660. The maximum absolute atomic E-state index is 11.6. The van der Waals surface area contributed by atoms with Crippen molar-refractivity contribution in [1.82, 2.24) is 20.2 Å². The van der Waals surface area contributed by atoms with E-state index in [1.807, 2.05) is 24.6 Å². The highest BCUT2D eigenvalue weighted by molar-refractivity contribution is 5.76. The third kappa shape index (κ3) is 3.85. The highest BCUT2D eigenvalue weighted by Gasteiger charge is 2.20. The average Bonchev–Trinajstić information content (AvgIpc) is 2.96. The zero-order valence-corrected chi connectivity index (χ0v) is 10.4. The molecule has 94 valence electrons.